The van der Waals surface area contributed by atoms with Gasteiger partial charge in [0, 0.05) is 19.6 Å². The van der Waals surface area contributed by atoms with Gasteiger partial charge in [-0.3, -0.25) is 0 Å². The molecule has 0 spiro atoms. The van der Waals surface area contributed by atoms with Gasteiger partial charge in [-0.05, 0) is 56.3 Å². The van der Waals surface area contributed by atoms with Gasteiger partial charge in [-0.1, -0.05) is 31.2 Å². The fourth-order valence-electron chi connectivity index (χ4n) is 2.86. The second-order valence-corrected chi connectivity index (χ2v) is 6.19. The minimum atomic E-state index is 0.579. The lowest BCUT2D eigenvalue weighted by molar-refractivity contribution is 0.262. The molecule has 0 aromatic heterocycles. The zero-order valence-corrected chi connectivity index (χ0v) is 12.7. The maximum absolute atomic E-state index is 3.34. The van der Waals surface area contributed by atoms with Gasteiger partial charge >= 0.3 is 0 Å². The summed E-state index contributed by atoms with van der Waals surface area (Å²) in [7, 11) is 4.32. The lowest BCUT2D eigenvalue weighted by Crippen LogP contribution is -2.33. The molecule has 1 fully saturated rings. The summed E-state index contributed by atoms with van der Waals surface area (Å²) in [5, 5.41) is 3.34. The Labute approximate surface area is 118 Å². The van der Waals surface area contributed by atoms with Gasteiger partial charge in [0.15, 0.2) is 0 Å². The summed E-state index contributed by atoms with van der Waals surface area (Å²) >= 11 is 0. The molecule has 1 aliphatic rings. The van der Waals surface area contributed by atoms with Crippen molar-refractivity contribution in [3.63, 3.8) is 0 Å². The lowest BCUT2D eigenvalue weighted by Gasteiger charge is -2.23. The number of nitrogens with zero attached hydrogens (tertiary/aromatic N) is 1. The van der Waals surface area contributed by atoms with Crippen LogP contribution in [0.5, 0.6) is 0 Å². The van der Waals surface area contributed by atoms with Crippen LogP contribution in [0.1, 0.15) is 30.9 Å². The van der Waals surface area contributed by atoms with E-state index < -0.39 is 0 Å². The zero-order valence-electron chi connectivity index (χ0n) is 12.7. The fraction of sp³-hybridized carbons (Fsp3) is 0.647. The highest BCUT2D eigenvalue weighted by Gasteiger charge is 2.42. The predicted octanol–water partition coefficient (Wildman–Crippen LogP) is 2.72. The van der Waals surface area contributed by atoms with Crippen molar-refractivity contribution in [1.29, 1.82) is 0 Å². The van der Waals surface area contributed by atoms with E-state index in [-0.39, 0.29) is 0 Å². The van der Waals surface area contributed by atoms with Crippen LogP contribution in [0.25, 0.3) is 0 Å². The summed E-state index contributed by atoms with van der Waals surface area (Å²) < 4.78 is 0. The van der Waals surface area contributed by atoms with E-state index in [0.717, 1.165) is 19.4 Å². The Morgan fingerprint density at radius 3 is 2.32 bits per heavy atom. The maximum Gasteiger partial charge on any atom is 0.00472 e. The van der Waals surface area contributed by atoms with Crippen LogP contribution in [0.15, 0.2) is 24.3 Å². The first-order valence-corrected chi connectivity index (χ1v) is 7.58. The molecule has 0 aliphatic heterocycles. The summed E-state index contributed by atoms with van der Waals surface area (Å²) in [6.45, 7) is 5.78. The van der Waals surface area contributed by atoms with Crippen molar-refractivity contribution in [3.05, 3.63) is 35.4 Å². The second-order valence-electron chi connectivity index (χ2n) is 6.19. The highest BCUT2D eigenvalue weighted by molar-refractivity contribution is 5.22. The van der Waals surface area contributed by atoms with Crippen LogP contribution < -0.4 is 5.32 Å². The molecule has 1 aromatic rings. The molecule has 0 saturated heterocycles. The van der Waals surface area contributed by atoms with Gasteiger partial charge in [0.1, 0.15) is 0 Å². The Morgan fingerprint density at radius 1 is 1.16 bits per heavy atom. The third kappa shape index (κ3) is 4.32. The molecule has 19 heavy (non-hydrogen) atoms. The highest BCUT2D eigenvalue weighted by atomic mass is 15.1. The van der Waals surface area contributed by atoms with Crippen molar-refractivity contribution in [1.82, 2.24) is 10.2 Å². The van der Waals surface area contributed by atoms with Crippen molar-refractivity contribution >= 4 is 0 Å². The largest absolute Gasteiger partial charge is 0.319 e. The number of nitrogens with one attached hydrogen (secondary N) is 1. The smallest absolute Gasteiger partial charge is 0.00472 e. The molecule has 0 atom stereocenters. The molecular formula is C17H28N2. The van der Waals surface area contributed by atoms with E-state index in [1.807, 2.05) is 0 Å². The Morgan fingerprint density at radius 2 is 1.79 bits per heavy atom. The molecule has 2 rings (SSSR count). The van der Waals surface area contributed by atoms with Crippen LogP contribution in [0, 0.1) is 5.41 Å². The van der Waals surface area contributed by atoms with E-state index in [4.69, 9.17) is 0 Å². The minimum Gasteiger partial charge on any atom is -0.319 e. The van der Waals surface area contributed by atoms with Crippen LogP contribution in [0.3, 0.4) is 0 Å². The number of rotatable bonds is 8. The Hall–Kier alpha value is -0.860. The van der Waals surface area contributed by atoms with E-state index in [2.05, 4.69) is 55.5 Å². The predicted molar refractivity (Wildman–Crippen MR) is 82.6 cm³/mol. The van der Waals surface area contributed by atoms with Gasteiger partial charge in [-0.25, -0.2) is 0 Å². The average molecular weight is 260 g/mol. The summed E-state index contributed by atoms with van der Waals surface area (Å²) in [6, 6.07) is 9.10. The molecule has 106 valence electrons. The first-order chi connectivity index (χ1) is 9.17. The van der Waals surface area contributed by atoms with E-state index in [0.29, 0.717) is 5.41 Å². The quantitative estimate of drug-likeness (QED) is 0.773. The number of hydrogen-bond acceptors (Lipinski definition) is 2. The number of hydrogen-bond donors (Lipinski definition) is 1. The van der Waals surface area contributed by atoms with Gasteiger partial charge < -0.3 is 10.2 Å². The molecule has 1 aromatic carbocycles. The zero-order chi connectivity index (χ0) is 13.7. The summed E-state index contributed by atoms with van der Waals surface area (Å²) in [6.07, 6.45) is 5.08. The van der Waals surface area contributed by atoms with Crippen LogP contribution in [-0.2, 0) is 12.8 Å². The van der Waals surface area contributed by atoms with Crippen molar-refractivity contribution < 1.29 is 0 Å². The number of aryl methyl sites for hydroxylation is 1. The third-order valence-corrected chi connectivity index (χ3v) is 4.33. The monoisotopic (exact) mass is 260 g/mol. The summed E-state index contributed by atoms with van der Waals surface area (Å²) in [5.74, 6) is 0. The molecule has 0 amide bonds. The Balaban J connectivity index is 1.75. The molecular weight excluding hydrogens is 232 g/mol. The molecule has 1 saturated carbocycles. The Bertz CT molecular complexity index is 379. The molecule has 2 heteroatoms. The second kappa shape index (κ2) is 6.53. The first-order valence-electron chi connectivity index (χ1n) is 7.58. The van der Waals surface area contributed by atoms with Crippen molar-refractivity contribution in [2.75, 3.05) is 33.7 Å². The topological polar surface area (TPSA) is 15.3 Å². The number of benzene rings is 1. The molecule has 1 N–H and O–H groups in total. The molecule has 1 aliphatic carbocycles. The van der Waals surface area contributed by atoms with Gasteiger partial charge in [-0.2, -0.15) is 0 Å². The SMILES string of the molecule is CCc1ccc(CCN(C)CC2(CNC)CC2)cc1. The van der Waals surface area contributed by atoms with Crippen molar-refractivity contribution in [3.8, 4) is 0 Å². The van der Waals surface area contributed by atoms with Crippen LogP contribution in [0.4, 0.5) is 0 Å². The summed E-state index contributed by atoms with van der Waals surface area (Å²) in [4.78, 5) is 2.50. The van der Waals surface area contributed by atoms with Crippen LogP contribution in [0.2, 0.25) is 0 Å². The van der Waals surface area contributed by atoms with Gasteiger partial charge in [0.05, 0.1) is 0 Å². The van der Waals surface area contributed by atoms with E-state index in [1.54, 1.807) is 0 Å². The molecule has 0 heterocycles. The summed E-state index contributed by atoms with van der Waals surface area (Å²) in [5.41, 5.74) is 3.47. The van der Waals surface area contributed by atoms with Gasteiger partial charge in [0.2, 0.25) is 0 Å². The van der Waals surface area contributed by atoms with E-state index in [1.165, 1.54) is 37.1 Å². The maximum atomic E-state index is 3.34. The Kier molecular flexibility index (Phi) is 5.00. The van der Waals surface area contributed by atoms with Crippen molar-refractivity contribution in [2.45, 2.75) is 32.6 Å². The first kappa shape index (κ1) is 14.5. The highest BCUT2D eigenvalue weighted by Crippen LogP contribution is 2.45. The molecule has 0 radical (unpaired) electrons. The minimum absolute atomic E-state index is 0.579. The fourth-order valence-corrected chi connectivity index (χ4v) is 2.86. The van der Waals surface area contributed by atoms with Gasteiger partial charge in [-0.15, -0.1) is 0 Å². The van der Waals surface area contributed by atoms with Crippen LogP contribution >= 0.6 is 0 Å². The third-order valence-electron chi connectivity index (χ3n) is 4.33. The van der Waals surface area contributed by atoms with E-state index in [9.17, 15) is 0 Å². The van der Waals surface area contributed by atoms with Gasteiger partial charge in [0.25, 0.3) is 0 Å². The van der Waals surface area contributed by atoms with E-state index >= 15 is 0 Å². The molecule has 0 unspecified atom stereocenters. The van der Waals surface area contributed by atoms with Crippen LogP contribution in [-0.4, -0.2) is 38.6 Å². The normalized spacial score (nSPS) is 16.8. The molecule has 0 bridgehead atoms. The average Bonchev–Trinajstić information content (AvgIpc) is 3.17. The molecule has 2 nitrogen and oxygen atoms in total. The standard InChI is InChI=1S/C17H28N2/c1-4-15-5-7-16(8-6-15)9-12-19(3)14-17(10-11-17)13-18-2/h5-8,18H,4,9-14H2,1-3H3. The lowest BCUT2D eigenvalue weighted by atomic mass is 10.1. The van der Waals surface area contributed by atoms with Crippen molar-refractivity contribution in [2.24, 2.45) is 5.41 Å². The number of likely N-dealkylation sites (N-methyl/N-ethyl adjacent to an activating group) is 1.